The van der Waals surface area contributed by atoms with Crippen molar-refractivity contribution in [3.63, 3.8) is 0 Å². The van der Waals surface area contributed by atoms with Crippen LogP contribution in [0.5, 0.6) is 0 Å². The van der Waals surface area contributed by atoms with E-state index < -0.39 is 0 Å². The number of nitrogens with zero attached hydrogens (tertiary/aromatic N) is 2. The highest BCUT2D eigenvalue weighted by atomic mass is 35.5. The summed E-state index contributed by atoms with van der Waals surface area (Å²) in [6.45, 7) is 2.62. The van der Waals surface area contributed by atoms with Gasteiger partial charge in [-0.15, -0.1) is 0 Å². The number of aromatic nitrogens is 1. The van der Waals surface area contributed by atoms with E-state index in [0.717, 1.165) is 31.9 Å². The second kappa shape index (κ2) is 6.36. The van der Waals surface area contributed by atoms with Gasteiger partial charge >= 0.3 is 0 Å². The van der Waals surface area contributed by atoms with Crippen LogP contribution in [-0.4, -0.2) is 36.9 Å². The first-order valence-electron chi connectivity index (χ1n) is 6.24. The molecule has 1 aromatic rings. The Bertz CT molecular complexity index is 399. The summed E-state index contributed by atoms with van der Waals surface area (Å²) in [4.78, 5) is 6.65. The molecule has 1 saturated heterocycles. The molecule has 1 aliphatic heterocycles. The van der Waals surface area contributed by atoms with E-state index in [0.29, 0.717) is 16.6 Å². The third-order valence-electron chi connectivity index (χ3n) is 3.30. The molecule has 0 aliphatic carbocycles. The van der Waals surface area contributed by atoms with Crippen LogP contribution in [0.4, 0.5) is 5.82 Å². The molecular weight excluding hydrogens is 252 g/mol. The average molecular weight is 271 g/mol. The van der Waals surface area contributed by atoms with Crippen molar-refractivity contribution < 1.29 is 9.84 Å². The Kier molecular flexibility index (Phi) is 4.80. The van der Waals surface area contributed by atoms with Crippen molar-refractivity contribution in [2.75, 3.05) is 31.7 Å². The molecule has 0 amide bonds. The first kappa shape index (κ1) is 13.6. The molecule has 1 aliphatic rings. The molecule has 5 heteroatoms. The van der Waals surface area contributed by atoms with Gasteiger partial charge in [0.15, 0.2) is 0 Å². The Balaban J connectivity index is 2.10. The molecule has 4 nitrogen and oxygen atoms in total. The van der Waals surface area contributed by atoms with E-state index in [4.69, 9.17) is 16.3 Å². The van der Waals surface area contributed by atoms with Crippen LogP contribution in [0.3, 0.4) is 0 Å². The Labute approximate surface area is 113 Å². The average Bonchev–Trinajstić information content (AvgIpc) is 2.40. The SMILES string of the molecule is COCC1CCCN(c2ccc(Cl)c(CO)n2)C1. The second-order valence-corrected chi connectivity index (χ2v) is 5.07. The number of aliphatic hydroxyl groups excluding tert-OH is 1. The minimum atomic E-state index is -0.123. The smallest absolute Gasteiger partial charge is 0.129 e. The van der Waals surface area contributed by atoms with Crippen LogP contribution < -0.4 is 4.90 Å². The third kappa shape index (κ3) is 3.13. The molecule has 0 saturated carbocycles. The van der Waals surface area contributed by atoms with Gasteiger partial charge in [0.1, 0.15) is 5.82 Å². The third-order valence-corrected chi connectivity index (χ3v) is 3.64. The number of rotatable bonds is 4. The Morgan fingerprint density at radius 1 is 1.56 bits per heavy atom. The van der Waals surface area contributed by atoms with Gasteiger partial charge < -0.3 is 14.7 Å². The number of piperidine rings is 1. The number of hydrogen-bond donors (Lipinski definition) is 1. The van der Waals surface area contributed by atoms with Gasteiger partial charge in [0.25, 0.3) is 0 Å². The van der Waals surface area contributed by atoms with Crippen molar-refractivity contribution in [2.45, 2.75) is 19.4 Å². The number of anilines is 1. The molecule has 0 aromatic carbocycles. The van der Waals surface area contributed by atoms with E-state index in [1.165, 1.54) is 6.42 Å². The van der Waals surface area contributed by atoms with Crippen molar-refractivity contribution in [3.05, 3.63) is 22.8 Å². The first-order valence-corrected chi connectivity index (χ1v) is 6.62. The molecule has 0 radical (unpaired) electrons. The first-order chi connectivity index (χ1) is 8.74. The quantitative estimate of drug-likeness (QED) is 0.910. The highest BCUT2D eigenvalue weighted by Crippen LogP contribution is 2.24. The Morgan fingerprint density at radius 2 is 2.39 bits per heavy atom. The fraction of sp³-hybridized carbons (Fsp3) is 0.615. The number of hydrogen-bond acceptors (Lipinski definition) is 4. The van der Waals surface area contributed by atoms with E-state index in [1.807, 2.05) is 6.07 Å². The summed E-state index contributed by atoms with van der Waals surface area (Å²) < 4.78 is 5.22. The maximum absolute atomic E-state index is 9.19. The number of halogens is 1. The second-order valence-electron chi connectivity index (χ2n) is 4.67. The summed E-state index contributed by atoms with van der Waals surface area (Å²) in [7, 11) is 1.74. The van der Waals surface area contributed by atoms with Gasteiger partial charge in [-0.1, -0.05) is 11.6 Å². The van der Waals surface area contributed by atoms with Crippen molar-refractivity contribution in [1.29, 1.82) is 0 Å². The van der Waals surface area contributed by atoms with Crippen LogP contribution in [0.1, 0.15) is 18.5 Å². The van der Waals surface area contributed by atoms with Crippen molar-refractivity contribution in [3.8, 4) is 0 Å². The van der Waals surface area contributed by atoms with Crippen LogP contribution in [0.25, 0.3) is 0 Å². The summed E-state index contributed by atoms with van der Waals surface area (Å²) >= 11 is 5.95. The minimum Gasteiger partial charge on any atom is -0.390 e. The van der Waals surface area contributed by atoms with Gasteiger partial charge in [0.05, 0.1) is 23.9 Å². The van der Waals surface area contributed by atoms with Crippen LogP contribution in [0.2, 0.25) is 5.02 Å². The zero-order valence-electron chi connectivity index (χ0n) is 10.6. The van der Waals surface area contributed by atoms with Crippen LogP contribution in [0, 0.1) is 5.92 Å². The molecule has 1 fully saturated rings. The maximum Gasteiger partial charge on any atom is 0.129 e. The summed E-state index contributed by atoms with van der Waals surface area (Å²) in [6.07, 6.45) is 2.34. The lowest BCUT2D eigenvalue weighted by Crippen LogP contribution is -2.37. The van der Waals surface area contributed by atoms with Gasteiger partial charge in [-0.2, -0.15) is 0 Å². The van der Waals surface area contributed by atoms with Crippen LogP contribution in [-0.2, 0) is 11.3 Å². The predicted molar refractivity (Wildman–Crippen MR) is 72.0 cm³/mol. The topological polar surface area (TPSA) is 45.6 Å². The molecule has 0 bridgehead atoms. The predicted octanol–water partition coefficient (Wildman–Crippen LogP) is 2.09. The van der Waals surface area contributed by atoms with Crippen molar-refractivity contribution in [1.82, 2.24) is 4.98 Å². The molecular formula is C13H19ClN2O2. The number of methoxy groups -OCH3 is 1. The Hall–Kier alpha value is -0.840. The number of ether oxygens (including phenoxy) is 1. The molecule has 1 unspecified atom stereocenters. The monoisotopic (exact) mass is 270 g/mol. The molecule has 0 spiro atoms. The summed E-state index contributed by atoms with van der Waals surface area (Å²) in [5, 5.41) is 9.71. The standard InChI is InChI=1S/C13H19ClN2O2/c1-18-9-10-3-2-6-16(7-10)13-5-4-11(14)12(8-17)15-13/h4-5,10,17H,2-3,6-9H2,1H3. The van der Waals surface area contributed by atoms with E-state index in [-0.39, 0.29) is 6.61 Å². The highest BCUT2D eigenvalue weighted by molar-refractivity contribution is 6.31. The maximum atomic E-state index is 9.19. The molecule has 100 valence electrons. The molecule has 1 aromatic heterocycles. The normalized spacial score (nSPS) is 20.2. The zero-order chi connectivity index (χ0) is 13.0. The molecule has 2 rings (SSSR count). The molecule has 2 heterocycles. The van der Waals surface area contributed by atoms with E-state index >= 15 is 0 Å². The van der Waals surface area contributed by atoms with E-state index in [9.17, 15) is 5.11 Å². The van der Waals surface area contributed by atoms with E-state index in [1.54, 1.807) is 13.2 Å². The molecule has 1 atom stereocenters. The summed E-state index contributed by atoms with van der Waals surface area (Å²) in [6, 6.07) is 3.71. The Morgan fingerprint density at radius 3 is 3.11 bits per heavy atom. The van der Waals surface area contributed by atoms with E-state index in [2.05, 4.69) is 9.88 Å². The lowest BCUT2D eigenvalue weighted by atomic mass is 9.99. The largest absolute Gasteiger partial charge is 0.390 e. The van der Waals surface area contributed by atoms with Gasteiger partial charge in [-0.05, 0) is 30.9 Å². The van der Waals surface area contributed by atoms with Gasteiger partial charge in [-0.3, -0.25) is 0 Å². The van der Waals surface area contributed by atoms with Crippen molar-refractivity contribution in [2.24, 2.45) is 5.92 Å². The molecule has 1 N–H and O–H groups in total. The zero-order valence-corrected chi connectivity index (χ0v) is 11.4. The van der Waals surface area contributed by atoms with Gasteiger partial charge in [0, 0.05) is 20.2 Å². The van der Waals surface area contributed by atoms with Crippen molar-refractivity contribution >= 4 is 17.4 Å². The summed E-state index contributed by atoms with van der Waals surface area (Å²) in [5.74, 6) is 1.45. The van der Waals surface area contributed by atoms with Gasteiger partial charge in [-0.25, -0.2) is 4.98 Å². The summed E-state index contributed by atoms with van der Waals surface area (Å²) in [5.41, 5.74) is 0.544. The minimum absolute atomic E-state index is 0.123. The molecule has 18 heavy (non-hydrogen) atoms. The fourth-order valence-corrected chi connectivity index (χ4v) is 2.57. The van der Waals surface area contributed by atoms with Crippen LogP contribution >= 0.6 is 11.6 Å². The fourth-order valence-electron chi connectivity index (χ4n) is 2.40. The van der Waals surface area contributed by atoms with Crippen LogP contribution in [0.15, 0.2) is 12.1 Å². The lowest BCUT2D eigenvalue weighted by molar-refractivity contribution is 0.143. The number of aliphatic hydroxyl groups is 1. The van der Waals surface area contributed by atoms with Gasteiger partial charge in [0.2, 0.25) is 0 Å². The number of pyridine rings is 1. The lowest BCUT2D eigenvalue weighted by Gasteiger charge is -2.33. The highest BCUT2D eigenvalue weighted by Gasteiger charge is 2.21.